The van der Waals surface area contributed by atoms with Crippen LogP contribution in [0.3, 0.4) is 0 Å². The van der Waals surface area contributed by atoms with Crippen LogP contribution >= 0.6 is 11.3 Å². The van der Waals surface area contributed by atoms with E-state index in [2.05, 4.69) is 20.6 Å². The van der Waals surface area contributed by atoms with E-state index in [4.69, 9.17) is 0 Å². The van der Waals surface area contributed by atoms with E-state index in [1.54, 1.807) is 22.3 Å². The Kier molecular flexibility index (Phi) is 5.55. The summed E-state index contributed by atoms with van der Waals surface area (Å²) in [4.78, 5) is 23.7. The molecule has 2 N–H and O–H groups in total. The number of nitrogens with one attached hydrogen (secondary N) is 2. The SMILES string of the molecule is Cc1c(C(NC(=O)Nc2cnc(N3CC(F)C3)nc2)C(C)C)sc2ccc(F)cc12. The van der Waals surface area contributed by atoms with Gasteiger partial charge in [0.15, 0.2) is 0 Å². The summed E-state index contributed by atoms with van der Waals surface area (Å²) in [6.07, 6.45) is 2.18. The molecular weight excluding hydrogens is 408 g/mol. The average Bonchev–Trinajstić information content (AvgIpc) is 3.00. The van der Waals surface area contributed by atoms with Crippen LogP contribution in [0.15, 0.2) is 30.6 Å². The first kappa shape index (κ1) is 20.5. The second-order valence-corrected chi connectivity index (χ2v) is 8.91. The summed E-state index contributed by atoms with van der Waals surface area (Å²) >= 11 is 1.56. The van der Waals surface area contributed by atoms with E-state index < -0.39 is 6.17 Å². The number of nitrogens with zero attached hydrogens (tertiary/aromatic N) is 3. The smallest absolute Gasteiger partial charge is 0.319 e. The molecule has 30 heavy (non-hydrogen) atoms. The minimum Gasteiger partial charge on any atom is -0.335 e. The van der Waals surface area contributed by atoms with E-state index in [1.807, 2.05) is 20.8 Å². The van der Waals surface area contributed by atoms with E-state index in [-0.39, 0.29) is 23.8 Å². The van der Waals surface area contributed by atoms with Gasteiger partial charge in [-0.05, 0) is 42.0 Å². The lowest BCUT2D eigenvalue weighted by molar-refractivity contribution is 0.245. The zero-order valence-corrected chi connectivity index (χ0v) is 17.8. The van der Waals surface area contributed by atoms with Crippen molar-refractivity contribution in [1.82, 2.24) is 15.3 Å². The summed E-state index contributed by atoms with van der Waals surface area (Å²) < 4.78 is 27.6. The fourth-order valence-electron chi connectivity index (χ4n) is 3.49. The first-order valence-electron chi connectivity index (χ1n) is 9.79. The molecule has 158 valence electrons. The van der Waals surface area contributed by atoms with Crippen LogP contribution in [-0.4, -0.2) is 35.3 Å². The minimum absolute atomic E-state index is 0.131. The van der Waals surface area contributed by atoms with Crippen molar-refractivity contribution in [3.8, 4) is 0 Å². The third kappa shape index (κ3) is 4.07. The molecule has 0 radical (unpaired) electrons. The predicted octanol–water partition coefficient (Wildman–Crippen LogP) is 4.82. The molecule has 1 aliphatic heterocycles. The van der Waals surface area contributed by atoms with Gasteiger partial charge in [0, 0.05) is 9.58 Å². The van der Waals surface area contributed by atoms with Gasteiger partial charge in [-0.2, -0.15) is 0 Å². The Morgan fingerprint density at radius 3 is 2.60 bits per heavy atom. The number of rotatable bonds is 5. The lowest BCUT2D eigenvalue weighted by atomic mass is 9.99. The highest BCUT2D eigenvalue weighted by Crippen LogP contribution is 2.37. The van der Waals surface area contributed by atoms with Gasteiger partial charge in [-0.25, -0.2) is 23.5 Å². The second kappa shape index (κ2) is 8.14. The van der Waals surface area contributed by atoms with Crippen molar-refractivity contribution in [3.63, 3.8) is 0 Å². The number of carbonyl (C=O) groups is 1. The van der Waals surface area contributed by atoms with E-state index in [0.29, 0.717) is 24.7 Å². The summed E-state index contributed by atoms with van der Waals surface area (Å²) in [5, 5.41) is 6.63. The summed E-state index contributed by atoms with van der Waals surface area (Å²) in [7, 11) is 0. The molecule has 0 bridgehead atoms. The van der Waals surface area contributed by atoms with Gasteiger partial charge >= 0.3 is 6.03 Å². The topological polar surface area (TPSA) is 70.2 Å². The number of alkyl halides is 1. The normalized spacial score (nSPS) is 15.3. The van der Waals surface area contributed by atoms with Crippen molar-refractivity contribution in [1.29, 1.82) is 0 Å². The van der Waals surface area contributed by atoms with Crippen molar-refractivity contribution in [2.75, 3.05) is 23.3 Å². The molecule has 2 amide bonds. The number of urea groups is 1. The Bertz CT molecular complexity index is 1060. The van der Waals surface area contributed by atoms with Gasteiger partial charge in [-0.3, -0.25) is 0 Å². The van der Waals surface area contributed by atoms with E-state index in [9.17, 15) is 13.6 Å². The Labute approximate surface area is 177 Å². The monoisotopic (exact) mass is 431 g/mol. The first-order valence-corrected chi connectivity index (χ1v) is 10.6. The Morgan fingerprint density at radius 1 is 1.27 bits per heavy atom. The molecule has 1 unspecified atom stereocenters. The highest BCUT2D eigenvalue weighted by Gasteiger charge is 2.28. The molecule has 3 aromatic rings. The van der Waals surface area contributed by atoms with Gasteiger partial charge in [0.25, 0.3) is 0 Å². The molecule has 0 spiro atoms. The number of hydrogen-bond acceptors (Lipinski definition) is 5. The van der Waals surface area contributed by atoms with Gasteiger partial charge in [0.2, 0.25) is 5.95 Å². The lowest BCUT2D eigenvalue weighted by Crippen LogP contribution is -2.49. The molecule has 1 aromatic carbocycles. The third-order valence-corrected chi connectivity index (χ3v) is 6.54. The van der Waals surface area contributed by atoms with Crippen LogP contribution in [0.5, 0.6) is 0 Å². The number of aromatic nitrogens is 2. The molecule has 0 aliphatic carbocycles. The molecule has 3 heterocycles. The summed E-state index contributed by atoms with van der Waals surface area (Å²) in [6, 6.07) is 4.15. The molecule has 4 rings (SSSR count). The fourth-order valence-corrected chi connectivity index (χ4v) is 4.91. The third-order valence-electron chi connectivity index (χ3n) is 5.19. The number of halogens is 2. The van der Waals surface area contributed by atoms with Crippen LogP contribution in [-0.2, 0) is 0 Å². The van der Waals surface area contributed by atoms with Gasteiger partial charge < -0.3 is 15.5 Å². The maximum atomic E-state index is 13.7. The molecule has 1 saturated heterocycles. The predicted molar refractivity (Wildman–Crippen MR) is 115 cm³/mol. The summed E-state index contributed by atoms with van der Waals surface area (Å²) in [5.41, 5.74) is 1.42. The molecule has 9 heteroatoms. The zero-order valence-electron chi connectivity index (χ0n) is 16.9. The number of thiophene rings is 1. The van der Waals surface area contributed by atoms with Crippen molar-refractivity contribution in [2.24, 2.45) is 5.92 Å². The van der Waals surface area contributed by atoms with Crippen LogP contribution in [0.2, 0.25) is 0 Å². The Hall–Kier alpha value is -2.81. The number of anilines is 2. The van der Waals surface area contributed by atoms with Gasteiger partial charge in [0.1, 0.15) is 12.0 Å². The average molecular weight is 432 g/mol. The Balaban J connectivity index is 1.47. The van der Waals surface area contributed by atoms with Crippen molar-refractivity contribution in [3.05, 3.63) is 46.9 Å². The number of fused-ring (bicyclic) bond motifs is 1. The number of amides is 2. The van der Waals surface area contributed by atoms with Crippen LogP contribution in [0.25, 0.3) is 10.1 Å². The first-order chi connectivity index (χ1) is 14.3. The van der Waals surface area contributed by atoms with Crippen LogP contribution < -0.4 is 15.5 Å². The highest BCUT2D eigenvalue weighted by molar-refractivity contribution is 7.19. The maximum absolute atomic E-state index is 13.7. The van der Waals surface area contributed by atoms with E-state index in [0.717, 1.165) is 20.5 Å². The lowest BCUT2D eigenvalue weighted by Gasteiger charge is -2.34. The number of carbonyl (C=O) groups excluding carboxylic acids is 1. The molecule has 6 nitrogen and oxygen atoms in total. The standard InChI is InChI=1S/C21H23F2N5OS/c1-11(2)18(19-12(3)16-6-13(22)4-5-17(16)30-19)27-21(29)26-15-7-24-20(25-8-15)28-9-14(23)10-28/h4-8,11,14,18H,9-10H2,1-3H3,(H2,26,27,29). The second-order valence-electron chi connectivity index (χ2n) is 7.83. The highest BCUT2D eigenvalue weighted by atomic mass is 32.1. The summed E-state index contributed by atoms with van der Waals surface area (Å²) in [6.45, 7) is 6.59. The molecule has 1 atom stereocenters. The largest absolute Gasteiger partial charge is 0.335 e. The van der Waals surface area contributed by atoms with E-state index in [1.165, 1.54) is 24.5 Å². The number of aryl methyl sites for hydroxylation is 1. The van der Waals surface area contributed by atoms with Crippen LogP contribution in [0.1, 0.15) is 30.3 Å². The molecule has 2 aromatic heterocycles. The van der Waals surface area contributed by atoms with Crippen molar-refractivity contribution < 1.29 is 13.6 Å². The van der Waals surface area contributed by atoms with Crippen LogP contribution in [0, 0.1) is 18.7 Å². The molecular formula is C21H23F2N5OS. The van der Waals surface area contributed by atoms with Gasteiger partial charge in [-0.1, -0.05) is 13.8 Å². The summed E-state index contributed by atoms with van der Waals surface area (Å²) in [5.74, 6) is 0.305. The van der Waals surface area contributed by atoms with Gasteiger partial charge in [-0.15, -0.1) is 11.3 Å². The molecule has 1 aliphatic rings. The van der Waals surface area contributed by atoms with E-state index >= 15 is 0 Å². The number of hydrogen-bond donors (Lipinski definition) is 2. The maximum Gasteiger partial charge on any atom is 0.319 e. The van der Waals surface area contributed by atoms with Crippen molar-refractivity contribution >= 4 is 39.1 Å². The fraction of sp³-hybridized carbons (Fsp3) is 0.381. The van der Waals surface area contributed by atoms with Crippen molar-refractivity contribution in [2.45, 2.75) is 33.0 Å². The number of benzene rings is 1. The van der Waals surface area contributed by atoms with Crippen LogP contribution in [0.4, 0.5) is 25.2 Å². The molecule has 1 fully saturated rings. The minimum atomic E-state index is -0.834. The zero-order chi connectivity index (χ0) is 21.4. The van der Waals surface area contributed by atoms with Gasteiger partial charge in [0.05, 0.1) is 37.2 Å². The Morgan fingerprint density at radius 2 is 1.97 bits per heavy atom. The quantitative estimate of drug-likeness (QED) is 0.608. The molecule has 0 saturated carbocycles.